The van der Waals surface area contributed by atoms with Crippen molar-refractivity contribution in [2.24, 2.45) is 0 Å². The lowest BCUT2D eigenvalue weighted by Gasteiger charge is -2.39. The molecule has 0 heterocycles. The van der Waals surface area contributed by atoms with Crippen LogP contribution in [-0.4, -0.2) is 48.4 Å². The highest BCUT2D eigenvalue weighted by Crippen LogP contribution is 2.60. The van der Waals surface area contributed by atoms with Gasteiger partial charge in [-0.15, -0.1) is 0 Å². The van der Waals surface area contributed by atoms with Crippen LogP contribution in [0, 0.1) is 0 Å². The van der Waals surface area contributed by atoms with E-state index in [1.807, 2.05) is 0 Å². The highest BCUT2D eigenvalue weighted by atomic mass is 19.4. The molecule has 0 amide bonds. The van der Waals surface area contributed by atoms with Gasteiger partial charge in [0.15, 0.2) is 0 Å². The standard InChI is InChI=1S/C26H37F13O2/c1-2-3-4-5-6-7-8-9-10-11-12-13-14-15-16-17-20(40)41-19-18-21(27,28)22(29,30)23(31,32)24(33,34)25(35,36)26(37,38)39/h9-10H,2-8,11-19H2,1H3/b10-9-. The predicted octanol–water partition coefficient (Wildman–Crippen LogP) is 10.7. The van der Waals surface area contributed by atoms with Gasteiger partial charge in [-0.3, -0.25) is 4.79 Å². The van der Waals surface area contributed by atoms with Gasteiger partial charge in [0.05, 0.1) is 13.0 Å². The van der Waals surface area contributed by atoms with E-state index in [-0.39, 0.29) is 12.8 Å². The Bertz CT molecular complexity index is 778. The van der Waals surface area contributed by atoms with Gasteiger partial charge >= 0.3 is 41.8 Å². The monoisotopic (exact) mass is 628 g/mol. The molecule has 15 heteroatoms. The highest BCUT2D eigenvalue weighted by Gasteiger charge is 2.90. The molecule has 0 radical (unpaired) electrons. The van der Waals surface area contributed by atoms with E-state index in [0.29, 0.717) is 12.8 Å². The van der Waals surface area contributed by atoms with Crippen molar-refractivity contribution in [3.8, 4) is 0 Å². The van der Waals surface area contributed by atoms with E-state index in [0.717, 1.165) is 32.1 Å². The zero-order valence-electron chi connectivity index (χ0n) is 22.7. The van der Waals surface area contributed by atoms with Gasteiger partial charge in [0.2, 0.25) is 0 Å². The first-order valence-corrected chi connectivity index (χ1v) is 13.5. The number of ether oxygens (including phenoxy) is 1. The number of halogens is 13. The quantitative estimate of drug-likeness (QED) is 0.0516. The number of carbonyl (C=O) groups is 1. The predicted molar refractivity (Wildman–Crippen MR) is 126 cm³/mol. The molecule has 0 atom stereocenters. The highest BCUT2D eigenvalue weighted by molar-refractivity contribution is 5.69. The molecule has 0 aromatic rings. The molecule has 0 aromatic heterocycles. The summed E-state index contributed by atoms with van der Waals surface area (Å²) in [5.74, 6) is -38.4. The van der Waals surface area contributed by atoms with E-state index < -0.39 is 54.8 Å². The van der Waals surface area contributed by atoms with Crippen LogP contribution < -0.4 is 0 Å². The molecular formula is C26H37F13O2. The lowest BCUT2D eigenvalue weighted by molar-refractivity contribution is -0.440. The molecule has 0 aliphatic heterocycles. The maximum Gasteiger partial charge on any atom is 0.460 e. The van der Waals surface area contributed by atoms with Crippen molar-refractivity contribution >= 4 is 5.97 Å². The molecule has 2 nitrogen and oxygen atoms in total. The molecule has 244 valence electrons. The number of unbranched alkanes of at least 4 members (excludes halogenated alkanes) is 11. The summed E-state index contributed by atoms with van der Waals surface area (Å²) in [4.78, 5) is 11.6. The van der Waals surface area contributed by atoms with Crippen LogP contribution in [0.5, 0.6) is 0 Å². The molecule has 0 saturated carbocycles. The molecule has 0 fully saturated rings. The zero-order chi connectivity index (χ0) is 32.0. The summed E-state index contributed by atoms with van der Waals surface area (Å²) in [6.45, 7) is 0.451. The molecule has 0 N–H and O–H groups in total. The third kappa shape index (κ3) is 11.1. The van der Waals surface area contributed by atoms with Crippen LogP contribution in [0.25, 0.3) is 0 Å². The van der Waals surface area contributed by atoms with Crippen LogP contribution >= 0.6 is 0 Å². The van der Waals surface area contributed by atoms with Gasteiger partial charge in [0.25, 0.3) is 0 Å². The Morgan fingerprint density at radius 1 is 0.561 bits per heavy atom. The Hall–Kier alpha value is -1.70. The number of hydrogen-bond donors (Lipinski definition) is 0. The molecule has 0 spiro atoms. The third-order valence-electron chi connectivity index (χ3n) is 6.32. The number of hydrogen-bond acceptors (Lipinski definition) is 2. The number of esters is 1. The van der Waals surface area contributed by atoms with Gasteiger partial charge in [0.1, 0.15) is 0 Å². The van der Waals surface area contributed by atoms with Crippen molar-refractivity contribution in [1.82, 2.24) is 0 Å². The molecule has 0 bridgehead atoms. The van der Waals surface area contributed by atoms with Crippen molar-refractivity contribution in [2.45, 2.75) is 139 Å². The van der Waals surface area contributed by atoms with Crippen LogP contribution in [0.3, 0.4) is 0 Å². The Kier molecular flexibility index (Phi) is 16.1. The Labute approximate surface area is 231 Å². The second-order valence-electron chi connectivity index (χ2n) is 9.80. The first-order chi connectivity index (χ1) is 18.7. The van der Waals surface area contributed by atoms with Gasteiger partial charge in [-0.2, -0.15) is 57.1 Å². The number of carbonyl (C=O) groups excluding carboxylic acids is 1. The summed E-state index contributed by atoms with van der Waals surface area (Å²) in [6.07, 6.45) is 6.13. The van der Waals surface area contributed by atoms with Crippen molar-refractivity contribution in [1.29, 1.82) is 0 Å². The second kappa shape index (κ2) is 16.8. The summed E-state index contributed by atoms with van der Waals surface area (Å²) in [5, 5.41) is 0. The summed E-state index contributed by atoms with van der Waals surface area (Å²) < 4.78 is 174. The number of alkyl halides is 13. The summed E-state index contributed by atoms with van der Waals surface area (Å²) in [5.41, 5.74) is 0. The molecule has 0 saturated heterocycles. The van der Waals surface area contributed by atoms with Crippen molar-refractivity contribution in [3.05, 3.63) is 12.2 Å². The molecule has 0 aromatic carbocycles. The minimum absolute atomic E-state index is 0.204. The zero-order valence-corrected chi connectivity index (χ0v) is 22.7. The average molecular weight is 629 g/mol. The smallest absolute Gasteiger partial charge is 0.460 e. The minimum Gasteiger partial charge on any atom is -0.465 e. The summed E-state index contributed by atoms with van der Waals surface area (Å²) >= 11 is 0. The van der Waals surface area contributed by atoms with Gasteiger partial charge in [-0.05, 0) is 32.1 Å². The maximum atomic E-state index is 13.7. The molecule has 0 unspecified atom stereocenters. The minimum atomic E-state index is -7.94. The van der Waals surface area contributed by atoms with Crippen LogP contribution in [0.15, 0.2) is 12.2 Å². The topological polar surface area (TPSA) is 26.3 Å². The molecule has 0 aliphatic carbocycles. The fourth-order valence-corrected chi connectivity index (χ4v) is 3.66. The Balaban J connectivity index is 4.40. The van der Waals surface area contributed by atoms with Crippen molar-refractivity contribution < 1.29 is 66.6 Å². The Morgan fingerprint density at radius 2 is 0.976 bits per heavy atom. The van der Waals surface area contributed by atoms with Gasteiger partial charge in [-0.25, -0.2) is 0 Å². The van der Waals surface area contributed by atoms with E-state index in [1.165, 1.54) is 32.1 Å². The van der Waals surface area contributed by atoms with Crippen molar-refractivity contribution in [3.63, 3.8) is 0 Å². The van der Waals surface area contributed by atoms with Gasteiger partial charge < -0.3 is 4.74 Å². The summed E-state index contributed by atoms with van der Waals surface area (Å²) in [7, 11) is 0. The lowest BCUT2D eigenvalue weighted by atomic mass is 9.93. The van der Waals surface area contributed by atoms with E-state index in [2.05, 4.69) is 23.8 Å². The average Bonchev–Trinajstić information content (AvgIpc) is 2.85. The van der Waals surface area contributed by atoms with E-state index in [1.54, 1.807) is 0 Å². The molecule has 41 heavy (non-hydrogen) atoms. The summed E-state index contributed by atoms with van der Waals surface area (Å²) in [6, 6.07) is 0. The first kappa shape index (κ1) is 39.3. The second-order valence-corrected chi connectivity index (χ2v) is 9.80. The maximum absolute atomic E-state index is 13.7. The SMILES string of the molecule is CCCCCCCC/C=C\CCCCCCCC(=O)OCCC(F)(F)C(F)(F)C(F)(F)C(F)(F)C(F)(F)C(F)(F)F. The largest absolute Gasteiger partial charge is 0.465 e. The number of rotatable bonds is 22. The van der Waals surface area contributed by atoms with Crippen LogP contribution in [0.2, 0.25) is 0 Å². The number of allylic oxidation sites excluding steroid dienone is 2. The van der Waals surface area contributed by atoms with Crippen molar-refractivity contribution in [2.75, 3.05) is 6.61 Å². The fourth-order valence-electron chi connectivity index (χ4n) is 3.66. The lowest BCUT2D eigenvalue weighted by Crippen LogP contribution is -2.70. The molecule has 0 rings (SSSR count). The molecule has 0 aliphatic rings. The normalized spacial score (nSPS) is 14.2. The molecular weight excluding hydrogens is 591 g/mol. The van der Waals surface area contributed by atoms with E-state index >= 15 is 0 Å². The van der Waals surface area contributed by atoms with Crippen LogP contribution in [-0.2, 0) is 9.53 Å². The fraction of sp³-hybridized carbons (Fsp3) is 0.885. The third-order valence-corrected chi connectivity index (χ3v) is 6.32. The Morgan fingerprint density at radius 3 is 1.44 bits per heavy atom. The van der Waals surface area contributed by atoms with Crippen LogP contribution in [0.1, 0.15) is 103 Å². The van der Waals surface area contributed by atoms with Crippen LogP contribution in [0.4, 0.5) is 57.1 Å². The first-order valence-electron chi connectivity index (χ1n) is 13.5. The van der Waals surface area contributed by atoms with Gasteiger partial charge in [-0.1, -0.05) is 70.4 Å². The van der Waals surface area contributed by atoms with E-state index in [4.69, 9.17) is 0 Å². The van der Waals surface area contributed by atoms with E-state index in [9.17, 15) is 61.9 Å². The van der Waals surface area contributed by atoms with Gasteiger partial charge in [0, 0.05) is 6.42 Å².